The van der Waals surface area contributed by atoms with Crippen LogP contribution in [0, 0.1) is 6.92 Å². The second kappa shape index (κ2) is 5.07. The molecule has 0 amide bonds. The summed E-state index contributed by atoms with van der Waals surface area (Å²) in [5, 5.41) is 0.785. The van der Waals surface area contributed by atoms with E-state index >= 15 is 0 Å². The number of ether oxygens (including phenoxy) is 1. The van der Waals surface area contributed by atoms with Gasteiger partial charge in [-0.05, 0) is 56.4 Å². The Morgan fingerprint density at radius 3 is 2.88 bits per heavy atom. The van der Waals surface area contributed by atoms with Crippen molar-refractivity contribution in [1.29, 1.82) is 0 Å². The van der Waals surface area contributed by atoms with Gasteiger partial charge in [0, 0.05) is 11.1 Å². The smallest absolute Gasteiger partial charge is 0.120 e. The van der Waals surface area contributed by atoms with E-state index < -0.39 is 0 Å². The van der Waals surface area contributed by atoms with E-state index in [1.54, 1.807) is 0 Å². The zero-order valence-electron chi connectivity index (χ0n) is 9.58. The molecular weight excluding hydrogens is 222 g/mol. The van der Waals surface area contributed by atoms with E-state index in [0.717, 1.165) is 35.6 Å². The van der Waals surface area contributed by atoms with Gasteiger partial charge in [0.25, 0.3) is 0 Å². The van der Waals surface area contributed by atoms with Crippen molar-refractivity contribution in [3.63, 3.8) is 0 Å². The van der Waals surface area contributed by atoms with Gasteiger partial charge in [-0.2, -0.15) is 0 Å². The minimum atomic E-state index is 0.268. The Labute approximate surface area is 102 Å². The molecule has 1 aliphatic carbocycles. The lowest BCUT2D eigenvalue weighted by Gasteiger charge is -2.27. The van der Waals surface area contributed by atoms with E-state index in [2.05, 4.69) is 0 Å². The van der Waals surface area contributed by atoms with Crippen LogP contribution in [0.1, 0.15) is 31.2 Å². The Balaban J connectivity index is 2.00. The van der Waals surface area contributed by atoms with Crippen molar-refractivity contribution in [3.8, 4) is 5.75 Å². The van der Waals surface area contributed by atoms with Crippen LogP contribution in [0.4, 0.5) is 0 Å². The average Bonchev–Trinajstić information content (AvgIpc) is 2.24. The average molecular weight is 240 g/mol. The summed E-state index contributed by atoms with van der Waals surface area (Å²) in [5.74, 6) is 0.904. The normalized spacial score (nSPS) is 25.4. The summed E-state index contributed by atoms with van der Waals surface area (Å²) in [7, 11) is 0. The third-order valence-electron chi connectivity index (χ3n) is 3.10. The van der Waals surface area contributed by atoms with Crippen LogP contribution in [0.5, 0.6) is 5.75 Å². The van der Waals surface area contributed by atoms with Crippen molar-refractivity contribution in [3.05, 3.63) is 28.8 Å². The summed E-state index contributed by atoms with van der Waals surface area (Å²) >= 11 is 5.97. The van der Waals surface area contributed by atoms with Crippen LogP contribution in [-0.2, 0) is 0 Å². The lowest BCUT2D eigenvalue weighted by atomic mass is 9.93. The highest BCUT2D eigenvalue weighted by atomic mass is 35.5. The van der Waals surface area contributed by atoms with E-state index in [0.29, 0.717) is 6.04 Å². The first kappa shape index (κ1) is 11.7. The molecule has 1 aromatic rings. The summed E-state index contributed by atoms with van der Waals surface area (Å²) in [6.07, 6.45) is 4.62. The molecule has 3 heteroatoms. The van der Waals surface area contributed by atoms with Crippen LogP contribution in [0.15, 0.2) is 18.2 Å². The molecule has 16 heavy (non-hydrogen) atoms. The van der Waals surface area contributed by atoms with Gasteiger partial charge in [-0.15, -0.1) is 0 Å². The molecule has 1 fully saturated rings. The topological polar surface area (TPSA) is 35.2 Å². The fourth-order valence-corrected chi connectivity index (χ4v) is 2.29. The Bertz CT molecular complexity index is 367. The molecule has 0 bridgehead atoms. The fraction of sp³-hybridized carbons (Fsp3) is 0.538. The maximum absolute atomic E-state index is 5.97. The summed E-state index contributed by atoms with van der Waals surface area (Å²) in [6.45, 7) is 1.99. The maximum atomic E-state index is 5.97. The van der Waals surface area contributed by atoms with Crippen LogP contribution in [0.25, 0.3) is 0 Å². The Morgan fingerprint density at radius 1 is 1.38 bits per heavy atom. The molecule has 0 aliphatic heterocycles. The number of hydrogen-bond acceptors (Lipinski definition) is 2. The van der Waals surface area contributed by atoms with Crippen molar-refractivity contribution >= 4 is 11.6 Å². The van der Waals surface area contributed by atoms with Gasteiger partial charge in [0.1, 0.15) is 11.9 Å². The molecule has 0 saturated heterocycles. The molecule has 2 nitrogen and oxygen atoms in total. The first-order valence-electron chi connectivity index (χ1n) is 5.83. The first-order chi connectivity index (χ1) is 7.65. The fourth-order valence-electron chi connectivity index (χ4n) is 2.17. The molecule has 2 unspecified atom stereocenters. The molecule has 2 rings (SSSR count). The zero-order chi connectivity index (χ0) is 11.5. The molecule has 88 valence electrons. The van der Waals surface area contributed by atoms with E-state index in [1.165, 1.54) is 6.42 Å². The third kappa shape index (κ3) is 2.89. The van der Waals surface area contributed by atoms with Crippen LogP contribution < -0.4 is 10.5 Å². The lowest BCUT2D eigenvalue weighted by molar-refractivity contribution is 0.144. The molecule has 0 radical (unpaired) electrons. The maximum Gasteiger partial charge on any atom is 0.120 e. The van der Waals surface area contributed by atoms with E-state index in [1.807, 2.05) is 25.1 Å². The predicted molar refractivity (Wildman–Crippen MR) is 67.0 cm³/mol. The van der Waals surface area contributed by atoms with Gasteiger partial charge in [0.2, 0.25) is 0 Å². The summed E-state index contributed by atoms with van der Waals surface area (Å²) < 4.78 is 5.92. The van der Waals surface area contributed by atoms with E-state index in [9.17, 15) is 0 Å². The summed E-state index contributed by atoms with van der Waals surface area (Å²) in [5.41, 5.74) is 6.99. The minimum Gasteiger partial charge on any atom is -0.490 e. The number of aryl methyl sites for hydroxylation is 1. The molecule has 2 N–H and O–H groups in total. The van der Waals surface area contributed by atoms with Gasteiger partial charge in [-0.25, -0.2) is 0 Å². The number of rotatable bonds is 2. The second-order valence-corrected chi connectivity index (χ2v) is 4.98. The SMILES string of the molecule is Cc1cc(OC2CCCC(N)C2)ccc1Cl. The highest BCUT2D eigenvalue weighted by molar-refractivity contribution is 6.31. The summed E-state index contributed by atoms with van der Waals surface area (Å²) in [6, 6.07) is 6.10. The highest BCUT2D eigenvalue weighted by Gasteiger charge is 2.20. The monoisotopic (exact) mass is 239 g/mol. The standard InChI is InChI=1S/C13H18ClNO/c1-9-7-12(5-6-13(9)14)16-11-4-2-3-10(15)8-11/h5-7,10-11H,2-4,8,15H2,1H3. The predicted octanol–water partition coefficient (Wildman–Crippen LogP) is 3.30. The van der Waals surface area contributed by atoms with Crippen LogP contribution in [0.3, 0.4) is 0 Å². The van der Waals surface area contributed by atoms with Gasteiger partial charge < -0.3 is 10.5 Å². The van der Waals surface area contributed by atoms with Gasteiger partial charge in [-0.1, -0.05) is 11.6 Å². The molecule has 1 aliphatic rings. The number of nitrogens with two attached hydrogens (primary N) is 1. The second-order valence-electron chi connectivity index (χ2n) is 4.58. The van der Waals surface area contributed by atoms with Gasteiger partial charge in [0.05, 0.1) is 0 Å². The lowest BCUT2D eigenvalue weighted by Crippen LogP contribution is -2.33. The van der Waals surface area contributed by atoms with Crippen molar-refractivity contribution in [2.45, 2.75) is 44.8 Å². The van der Waals surface area contributed by atoms with Gasteiger partial charge in [0.15, 0.2) is 0 Å². The molecule has 0 heterocycles. The van der Waals surface area contributed by atoms with Crippen molar-refractivity contribution in [1.82, 2.24) is 0 Å². The van der Waals surface area contributed by atoms with Crippen molar-refractivity contribution in [2.75, 3.05) is 0 Å². The Kier molecular flexibility index (Phi) is 3.72. The number of hydrogen-bond donors (Lipinski definition) is 1. The van der Waals surface area contributed by atoms with E-state index in [-0.39, 0.29) is 6.10 Å². The molecular formula is C13H18ClNO. The van der Waals surface area contributed by atoms with Crippen LogP contribution in [0.2, 0.25) is 5.02 Å². The highest BCUT2D eigenvalue weighted by Crippen LogP contribution is 2.26. The van der Waals surface area contributed by atoms with Crippen LogP contribution in [-0.4, -0.2) is 12.1 Å². The largest absolute Gasteiger partial charge is 0.490 e. The quantitative estimate of drug-likeness (QED) is 0.860. The van der Waals surface area contributed by atoms with Crippen molar-refractivity contribution in [2.24, 2.45) is 5.73 Å². The van der Waals surface area contributed by atoms with Crippen molar-refractivity contribution < 1.29 is 4.74 Å². The minimum absolute atomic E-state index is 0.268. The molecule has 0 spiro atoms. The molecule has 1 saturated carbocycles. The summed E-state index contributed by atoms with van der Waals surface area (Å²) in [4.78, 5) is 0. The van der Waals surface area contributed by atoms with E-state index in [4.69, 9.17) is 22.1 Å². The zero-order valence-corrected chi connectivity index (χ0v) is 10.3. The van der Waals surface area contributed by atoms with Gasteiger partial charge >= 0.3 is 0 Å². The molecule has 0 aromatic heterocycles. The Hall–Kier alpha value is -0.730. The molecule has 2 atom stereocenters. The number of halogens is 1. The van der Waals surface area contributed by atoms with Gasteiger partial charge in [-0.3, -0.25) is 0 Å². The number of benzene rings is 1. The van der Waals surface area contributed by atoms with Crippen LogP contribution >= 0.6 is 11.6 Å². The first-order valence-corrected chi connectivity index (χ1v) is 6.21. The molecule has 1 aromatic carbocycles. The third-order valence-corrected chi connectivity index (χ3v) is 3.52. The Morgan fingerprint density at radius 2 is 2.19 bits per heavy atom.